The minimum atomic E-state index is -3.43. The maximum atomic E-state index is 12.8. The Balaban J connectivity index is 1.75. The van der Waals surface area contributed by atoms with Gasteiger partial charge in [0, 0.05) is 31.5 Å². The lowest BCUT2D eigenvalue weighted by Crippen LogP contribution is -2.38. The lowest BCUT2D eigenvalue weighted by Gasteiger charge is -2.32. The van der Waals surface area contributed by atoms with Gasteiger partial charge >= 0.3 is 0 Å². The number of aromatic nitrogens is 1. The molecule has 124 valence electrons. The van der Waals surface area contributed by atoms with Crippen molar-refractivity contribution in [3.63, 3.8) is 0 Å². The molecule has 0 N–H and O–H groups in total. The zero-order chi connectivity index (χ0) is 16.4. The number of rotatable bonds is 4. The van der Waals surface area contributed by atoms with Crippen molar-refractivity contribution in [3.8, 4) is 5.75 Å². The van der Waals surface area contributed by atoms with Gasteiger partial charge in [-0.1, -0.05) is 0 Å². The molecule has 0 atom stereocenters. The predicted octanol–water partition coefficient (Wildman–Crippen LogP) is 2.83. The monoisotopic (exact) mass is 334 g/mol. The van der Waals surface area contributed by atoms with Crippen LogP contribution in [0, 0.1) is 6.92 Å². The van der Waals surface area contributed by atoms with E-state index in [0.717, 1.165) is 18.4 Å². The normalized spacial score (nSPS) is 17.3. The zero-order valence-electron chi connectivity index (χ0n) is 13.5. The summed E-state index contributed by atoms with van der Waals surface area (Å²) < 4.78 is 34.6. The van der Waals surface area contributed by atoms with E-state index in [1.807, 2.05) is 31.5 Å². The molecule has 2 aromatic rings. The van der Waals surface area contributed by atoms with Crippen molar-refractivity contribution >= 4 is 10.0 Å². The minimum absolute atomic E-state index is 0.343. The van der Waals surface area contributed by atoms with Crippen LogP contribution in [0.2, 0.25) is 0 Å². The molecule has 0 saturated carbocycles. The fourth-order valence-electron chi connectivity index (χ4n) is 3.13. The van der Waals surface area contributed by atoms with Gasteiger partial charge in [-0.2, -0.15) is 4.31 Å². The molecule has 5 nitrogen and oxygen atoms in total. The molecular formula is C17H22N2O3S. The fourth-order valence-corrected chi connectivity index (χ4v) is 4.69. The summed E-state index contributed by atoms with van der Waals surface area (Å²) in [5.41, 5.74) is 0.829. The van der Waals surface area contributed by atoms with Crippen LogP contribution in [0.4, 0.5) is 0 Å². The highest BCUT2D eigenvalue weighted by Gasteiger charge is 2.30. The topological polar surface area (TPSA) is 51.5 Å². The van der Waals surface area contributed by atoms with E-state index in [1.165, 1.54) is 0 Å². The van der Waals surface area contributed by atoms with E-state index in [2.05, 4.69) is 4.57 Å². The van der Waals surface area contributed by atoms with Crippen LogP contribution in [-0.4, -0.2) is 37.5 Å². The Morgan fingerprint density at radius 1 is 1.13 bits per heavy atom. The van der Waals surface area contributed by atoms with E-state index >= 15 is 0 Å². The third-order valence-corrected chi connectivity index (χ3v) is 6.37. The van der Waals surface area contributed by atoms with Gasteiger partial charge in [0.25, 0.3) is 0 Å². The molecule has 0 amide bonds. The van der Waals surface area contributed by atoms with Gasteiger partial charge in [-0.3, -0.25) is 0 Å². The second kappa shape index (κ2) is 6.37. The molecule has 0 unspecified atom stereocenters. The molecule has 0 radical (unpaired) electrons. The summed E-state index contributed by atoms with van der Waals surface area (Å²) >= 11 is 0. The van der Waals surface area contributed by atoms with Gasteiger partial charge in [0.15, 0.2) is 0 Å². The van der Waals surface area contributed by atoms with Crippen molar-refractivity contribution < 1.29 is 13.2 Å². The summed E-state index contributed by atoms with van der Waals surface area (Å²) in [6, 6.07) is 9.42. The first-order valence-corrected chi connectivity index (χ1v) is 9.23. The number of hydrogen-bond donors (Lipinski definition) is 0. The average Bonchev–Trinajstić information content (AvgIpc) is 3.09. The van der Waals surface area contributed by atoms with E-state index in [1.54, 1.807) is 29.6 Å². The summed E-state index contributed by atoms with van der Waals surface area (Å²) in [6.07, 6.45) is 5.76. The molecule has 1 saturated heterocycles. The lowest BCUT2D eigenvalue weighted by atomic mass is 10.1. The van der Waals surface area contributed by atoms with Crippen molar-refractivity contribution in [2.45, 2.75) is 30.7 Å². The lowest BCUT2D eigenvalue weighted by molar-refractivity contribution is 0.274. The van der Waals surface area contributed by atoms with Gasteiger partial charge in [-0.15, -0.1) is 0 Å². The summed E-state index contributed by atoms with van der Waals surface area (Å²) in [5, 5.41) is 0. The number of aryl methyl sites for hydroxylation is 1. The van der Waals surface area contributed by atoms with Crippen LogP contribution in [0.3, 0.4) is 0 Å². The Kier molecular flexibility index (Phi) is 4.46. The van der Waals surface area contributed by atoms with Crippen LogP contribution >= 0.6 is 0 Å². The molecule has 23 heavy (non-hydrogen) atoms. The second-order valence-electron chi connectivity index (χ2n) is 5.90. The smallest absolute Gasteiger partial charge is 0.243 e. The molecule has 0 aliphatic carbocycles. The molecule has 1 aromatic carbocycles. The Bertz CT molecular complexity index is 761. The number of nitrogens with zero attached hydrogens (tertiary/aromatic N) is 2. The summed E-state index contributed by atoms with van der Waals surface area (Å²) in [7, 11) is -1.85. The Hall–Kier alpha value is -1.79. The number of piperidine rings is 1. The summed E-state index contributed by atoms with van der Waals surface area (Å²) in [5.74, 6) is 0.704. The molecule has 1 aromatic heterocycles. The summed E-state index contributed by atoms with van der Waals surface area (Å²) in [4.78, 5) is 0.343. The number of hydrogen-bond acceptors (Lipinski definition) is 3. The number of methoxy groups -OCH3 is 1. The zero-order valence-corrected chi connectivity index (χ0v) is 14.3. The van der Waals surface area contributed by atoms with Crippen LogP contribution in [0.15, 0.2) is 47.6 Å². The van der Waals surface area contributed by atoms with Crippen molar-refractivity contribution in [2.24, 2.45) is 0 Å². The molecule has 6 heteroatoms. The Morgan fingerprint density at radius 2 is 1.78 bits per heavy atom. The van der Waals surface area contributed by atoms with Crippen molar-refractivity contribution in [2.75, 3.05) is 20.2 Å². The number of sulfonamides is 1. The van der Waals surface area contributed by atoms with E-state index in [4.69, 9.17) is 4.74 Å². The SMILES string of the molecule is COc1ccc(S(=O)(=O)N2CCC(n3cccc3)CC2)cc1C. The molecule has 1 fully saturated rings. The minimum Gasteiger partial charge on any atom is -0.496 e. The first-order chi connectivity index (χ1) is 11.0. The van der Waals surface area contributed by atoms with E-state index in [-0.39, 0.29) is 0 Å². The second-order valence-corrected chi connectivity index (χ2v) is 7.83. The number of ether oxygens (including phenoxy) is 1. The van der Waals surface area contributed by atoms with Gasteiger partial charge < -0.3 is 9.30 Å². The molecule has 1 aliphatic heterocycles. The maximum absolute atomic E-state index is 12.8. The van der Waals surface area contributed by atoms with Crippen LogP contribution in [0.25, 0.3) is 0 Å². The van der Waals surface area contributed by atoms with E-state index in [0.29, 0.717) is 29.8 Å². The van der Waals surface area contributed by atoms with Crippen molar-refractivity contribution in [3.05, 3.63) is 48.3 Å². The molecule has 0 spiro atoms. The van der Waals surface area contributed by atoms with Crippen molar-refractivity contribution in [1.29, 1.82) is 0 Å². The van der Waals surface area contributed by atoms with Crippen LogP contribution in [0.1, 0.15) is 24.4 Å². The molecule has 3 rings (SSSR count). The third-order valence-electron chi connectivity index (χ3n) is 4.48. The average molecular weight is 334 g/mol. The number of benzene rings is 1. The first kappa shape index (κ1) is 16.1. The molecule has 0 bridgehead atoms. The Labute approximate surface area is 137 Å². The van der Waals surface area contributed by atoms with Crippen LogP contribution in [0.5, 0.6) is 5.75 Å². The largest absolute Gasteiger partial charge is 0.496 e. The highest BCUT2D eigenvalue weighted by molar-refractivity contribution is 7.89. The van der Waals surface area contributed by atoms with E-state index < -0.39 is 10.0 Å². The van der Waals surface area contributed by atoms with Crippen LogP contribution in [-0.2, 0) is 10.0 Å². The van der Waals surface area contributed by atoms with E-state index in [9.17, 15) is 8.42 Å². The standard InChI is InChI=1S/C17H22N2O3S/c1-14-13-16(5-6-17(14)22-2)23(20,21)19-11-7-15(8-12-19)18-9-3-4-10-18/h3-6,9-10,13,15H,7-8,11-12H2,1-2H3. The fraction of sp³-hybridized carbons (Fsp3) is 0.412. The highest BCUT2D eigenvalue weighted by Crippen LogP contribution is 2.28. The first-order valence-electron chi connectivity index (χ1n) is 7.79. The van der Waals surface area contributed by atoms with Gasteiger partial charge in [0.2, 0.25) is 10.0 Å². The molecule has 2 heterocycles. The van der Waals surface area contributed by atoms with Gasteiger partial charge in [0.1, 0.15) is 5.75 Å². The van der Waals surface area contributed by atoms with Gasteiger partial charge in [-0.25, -0.2) is 8.42 Å². The maximum Gasteiger partial charge on any atom is 0.243 e. The van der Waals surface area contributed by atoms with Crippen LogP contribution < -0.4 is 4.74 Å². The Morgan fingerprint density at radius 3 is 2.35 bits per heavy atom. The predicted molar refractivity (Wildman–Crippen MR) is 89.2 cm³/mol. The van der Waals surface area contributed by atoms with Crippen molar-refractivity contribution in [1.82, 2.24) is 8.87 Å². The summed E-state index contributed by atoms with van der Waals surface area (Å²) in [6.45, 7) is 2.96. The van der Waals surface area contributed by atoms with Gasteiger partial charge in [-0.05, 0) is 55.7 Å². The third kappa shape index (κ3) is 3.14. The molecular weight excluding hydrogens is 312 g/mol. The quantitative estimate of drug-likeness (QED) is 0.864. The highest BCUT2D eigenvalue weighted by atomic mass is 32.2. The molecule has 1 aliphatic rings. The van der Waals surface area contributed by atoms with Gasteiger partial charge in [0.05, 0.1) is 12.0 Å².